The number of phenolic OH excluding ortho intramolecular Hbond substituents is 2. The average molecular weight is 408 g/mol. The number of nitrogens with zero attached hydrogens (tertiary/aromatic N) is 2. The first kappa shape index (κ1) is 18.7. The third kappa shape index (κ3) is 3.34. The molecule has 7 nitrogen and oxygen atoms in total. The second-order valence-electron chi connectivity index (χ2n) is 6.50. The molecule has 1 aromatic carbocycles. The molecule has 3 N–H and O–H groups in total. The van der Waals surface area contributed by atoms with Crippen molar-refractivity contribution in [3.63, 3.8) is 0 Å². The summed E-state index contributed by atoms with van der Waals surface area (Å²) in [4.78, 5) is 31.8. The highest BCUT2D eigenvalue weighted by atomic mass is 32.1. The highest BCUT2D eigenvalue weighted by Gasteiger charge is 2.46. The molecule has 3 heterocycles. The molecule has 29 heavy (non-hydrogen) atoms. The van der Waals surface area contributed by atoms with Crippen molar-refractivity contribution in [1.29, 1.82) is 0 Å². The predicted molar refractivity (Wildman–Crippen MR) is 106 cm³/mol. The minimum Gasteiger partial charge on any atom is -0.507 e. The summed E-state index contributed by atoms with van der Waals surface area (Å²) >= 11 is 1.44. The van der Waals surface area contributed by atoms with Gasteiger partial charge in [-0.25, -0.2) is 0 Å². The lowest BCUT2D eigenvalue weighted by Crippen LogP contribution is -2.28. The van der Waals surface area contributed by atoms with Crippen LogP contribution in [-0.4, -0.2) is 36.9 Å². The number of benzene rings is 1. The lowest BCUT2D eigenvalue weighted by Gasteiger charge is -2.25. The van der Waals surface area contributed by atoms with Gasteiger partial charge in [0.25, 0.3) is 11.7 Å². The van der Waals surface area contributed by atoms with E-state index in [9.17, 15) is 24.9 Å². The maximum atomic E-state index is 12.9. The van der Waals surface area contributed by atoms with Crippen molar-refractivity contribution < 1.29 is 24.9 Å². The molecule has 4 rings (SSSR count). The van der Waals surface area contributed by atoms with E-state index < -0.39 is 17.7 Å². The van der Waals surface area contributed by atoms with Crippen LogP contribution in [0.15, 0.2) is 65.8 Å². The van der Waals surface area contributed by atoms with Crippen molar-refractivity contribution in [2.75, 3.05) is 0 Å². The summed E-state index contributed by atoms with van der Waals surface area (Å²) in [5, 5.41) is 32.3. The van der Waals surface area contributed by atoms with Gasteiger partial charge in [-0.15, -0.1) is 11.3 Å². The average Bonchev–Trinajstić information content (AvgIpc) is 3.33. The molecule has 0 spiro atoms. The van der Waals surface area contributed by atoms with E-state index in [2.05, 4.69) is 4.98 Å². The fourth-order valence-electron chi connectivity index (χ4n) is 3.33. The largest absolute Gasteiger partial charge is 0.507 e. The molecule has 0 aliphatic carbocycles. The summed E-state index contributed by atoms with van der Waals surface area (Å²) in [5.41, 5.74) is 0.598. The molecule has 2 aromatic heterocycles. The Kier molecular flexibility index (Phi) is 4.77. The van der Waals surface area contributed by atoms with Crippen LogP contribution in [0.3, 0.4) is 0 Å². The minimum atomic E-state index is -0.927. The number of aliphatic hydroxyl groups is 1. The monoisotopic (exact) mass is 408 g/mol. The molecular formula is C21H16N2O5S. The zero-order valence-electron chi connectivity index (χ0n) is 15.0. The van der Waals surface area contributed by atoms with Crippen LogP contribution in [0.25, 0.3) is 5.76 Å². The maximum absolute atomic E-state index is 12.9. The molecule has 1 fully saturated rings. The lowest BCUT2D eigenvalue weighted by atomic mass is 9.95. The first-order valence-electron chi connectivity index (χ1n) is 8.70. The van der Waals surface area contributed by atoms with Crippen LogP contribution in [0.5, 0.6) is 11.5 Å². The van der Waals surface area contributed by atoms with E-state index in [1.54, 1.807) is 12.1 Å². The van der Waals surface area contributed by atoms with Crippen molar-refractivity contribution in [2.45, 2.75) is 12.6 Å². The number of amides is 1. The Bertz CT molecular complexity index is 1110. The van der Waals surface area contributed by atoms with Gasteiger partial charge in [-0.3, -0.25) is 14.6 Å². The van der Waals surface area contributed by atoms with Crippen molar-refractivity contribution >= 4 is 28.8 Å². The highest BCUT2D eigenvalue weighted by molar-refractivity contribution is 7.09. The fourth-order valence-corrected chi connectivity index (χ4v) is 4.03. The molecule has 0 radical (unpaired) electrons. The van der Waals surface area contributed by atoms with Crippen molar-refractivity contribution in [3.8, 4) is 11.5 Å². The molecule has 8 heteroatoms. The van der Waals surface area contributed by atoms with Gasteiger partial charge in [0.2, 0.25) is 0 Å². The second kappa shape index (κ2) is 7.40. The first-order valence-corrected chi connectivity index (χ1v) is 9.58. The van der Waals surface area contributed by atoms with Gasteiger partial charge in [-0.1, -0.05) is 12.1 Å². The Morgan fingerprint density at radius 3 is 2.59 bits per heavy atom. The lowest BCUT2D eigenvalue weighted by molar-refractivity contribution is -0.140. The van der Waals surface area contributed by atoms with Gasteiger partial charge in [0, 0.05) is 22.8 Å². The van der Waals surface area contributed by atoms with Crippen LogP contribution < -0.4 is 0 Å². The molecule has 1 aliphatic rings. The SMILES string of the molecule is O=C1C(=O)N(Cc2cccs2)C(c2ccc(O)c(O)c2)/C1=C(\O)c1cccnc1. The molecule has 0 saturated carbocycles. The van der Waals surface area contributed by atoms with Gasteiger partial charge in [-0.05, 0) is 41.3 Å². The van der Waals surface area contributed by atoms with Crippen LogP contribution in [0.1, 0.15) is 22.0 Å². The number of Topliss-reactive ketones (excluding diaryl/α,β-unsaturated/α-hetero) is 1. The number of aliphatic hydroxyl groups excluding tert-OH is 1. The van der Waals surface area contributed by atoms with E-state index in [1.165, 1.54) is 46.8 Å². The quantitative estimate of drug-likeness (QED) is 0.265. The number of phenols is 2. The Morgan fingerprint density at radius 1 is 1.10 bits per heavy atom. The van der Waals surface area contributed by atoms with Crippen LogP contribution in [-0.2, 0) is 16.1 Å². The third-order valence-electron chi connectivity index (χ3n) is 4.70. The Hall–Kier alpha value is -3.65. The number of carbonyl (C=O) groups excluding carboxylic acids is 2. The summed E-state index contributed by atoms with van der Waals surface area (Å²) in [6.45, 7) is 0.165. The van der Waals surface area contributed by atoms with Gasteiger partial charge < -0.3 is 20.2 Å². The molecule has 146 valence electrons. The highest BCUT2D eigenvalue weighted by Crippen LogP contribution is 2.42. The number of likely N-dealkylation sites (tertiary alicyclic amines) is 1. The number of hydrogen-bond acceptors (Lipinski definition) is 7. The Morgan fingerprint density at radius 2 is 1.93 bits per heavy atom. The van der Waals surface area contributed by atoms with Crippen LogP contribution in [0, 0.1) is 0 Å². The Balaban J connectivity index is 1.89. The molecule has 0 bridgehead atoms. The van der Waals surface area contributed by atoms with E-state index in [0.29, 0.717) is 11.1 Å². The van der Waals surface area contributed by atoms with Gasteiger partial charge in [0.1, 0.15) is 5.76 Å². The summed E-state index contributed by atoms with van der Waals surface area (Å²) < 4.78 is 0. The second-order valence-corrected chi connectivity index (χ2v) is 7.53. The normalized spacial score (nSPS) is 18.3. The third-order valence-corrected chi connectivity index (χ3v) is 5.56. The fraction of sp³-hybridized carbons (Fsp3) is 0.0952. The number of carbonyl (C=O) groups is 2. The number of pyridine rings is 1. The summed E-state index contributed by atoms with van der Waals surface area (Å²) in [5.74, 6) is -2.62. The van der Waals surface area contributed by atoms with Crippen LogP contribution >= 0.6 is 11.3 Å². The number of hydrogen-bond donors (Lipinski definition) is 3. The summed E-state index contributed by atoms with van der Waals surface area (Å²) in [6.07, 6.45) is 2.93. The maximum Gasteiger partial charge on any atom is 0.295 e. The molecular weight excluding hydrogens is 392 g/mol. The zero-order valence-corrected chi connectivity index (χ0v) is 15.8. The number of aromatic hydroxyl groups is 2. The van der Waals surface area contributed by atoms with E-state index in [1.807, 2.05) is 17.5 Å². The zero-order chi connectivity index (χ0) is 20.5. The van der Waals surface area contributed by atoms with Gasteiger partial charge in [0.15, 0.2) is 11.5 Å². The predicted octanol–water partition coefficient (Wildman–Crippen LogP) is 3.18. The van der Waals surface area contributed by atoms with E-state index in [-0.39, 0.29) is 29.4 Å². The van der Waals surface area contributed by atoms with Gasteiger partial charge in [0.05, 0.1) is 18.2 Å². The van der Waals surface area contributed by atoms with E-state index in [4.69, 9.17) is 0 Å². The summed E-state index contributed by atoms with van der Waals surface area (Å²) in [7, 11) is 0. The van der Waals surface area contributed by atoms with Crippen LogP contribution in [0.2, 0.25) is 0 Å². The summed E-state index contributed by atoms with van der Waals surface area (Å²) in [6, 6.07) is 10.0. The standard InChI is InChI=1S/C21H16N2O5S/c24-15-6-5-12(9-16(15)25)18-17(19(26)13-3-1-7-22-10-13)20(27)21(28)23(18)11-14-4-2-8-29-14/h1-10,18,24-26H,11H2/b19-17+. The number of rotatable bonds is 4. The number of aromatic nitrogens is 1. The number of ketones is 1. The van der Waals surface area contributed by atoms with Crippen molar-refractivity contribution in [3.05, 3.63) is 81.8 Å². The van der Waals surface area contributed by atoms with Crippen molar-refractivity contribution in [1.82, 2.24) is 9.88 Å². The van der Waals surface area contributed by atoms with E-state index in [0.717, 1.165) is 4.88 Å². The molecule has 1 unspecified atom stereocenters. The van der Waals surface area contributed by atoms with Crippen LogP contribution in [0.4, 0.5) is 0 Å². The minimum absolute atomic E-state index is 0.0929. The topological polar surface area (TPSA) is 111 Å². The Labute approximate surface area is 169 Å². The first-order chi connectivity index (χ1) is 14.0. The van der Waals surface area contributed by atoms with Gasteiger partial charge >= 0.3 is 0 Å². The number of thiophene rings is 1. The molecule has 3 aromatic rings. The van der Waals surface area contributed by atoms with E-state index >= 15 is 0 Å². The molecule has 1 aliphatic heterocycles. The smallest absolute Gasteiger partial charge is 0.295 e. The molecule has 1 saturated heterocycles. The van der Waals surface area contributed by atoms with Crippen molar-refractivity contribution in [2.24, 2.45) is 0 Å². The molecule has 1 amide bonds. The van der Waals surface area contributed by atoms with Gasteiger partial charge in [-0.2, -0.15) is 0 Å². The molecule has 1 atom stereocenters.